The maximum atomic E-state index is 12.5. The fourth-order valence-electron chi connectivity index (χ4n) is 3.82. The third kappa shape index (κ3) is 3.05. The van der Waals surface area contributed by atoms with E-state index >= 15 is 0 Å². The maximum Gasteiger partial charge on any atom is 0.232 e. The molecule has 126 valence electrons. The number of amides is 1. The summed E-state index contributed by atoms with van der Waals surface area (Å²) >= 11 is 0. The molecular weight excluding hydrogens is 304 g/mol. The summed E-state index contributed by atoms with van der Waals surface area (Å²) in [5.74, 6) is 1.28. The molecule has 2 aliphatic rings. The normalized spacial score (nSPS) is 22.8. The average Bonchev–Trinajstić information content (AvgIpc) is 3.15. The Morgan fingerprint density at radius 2 is 1.96 bits per heavy atom. The summed E-state index contributed by atoms with van der Waals surface area (Å²) < 4.78 is 5.43. The van der Waals surface area contributed by atoms with Gasteiger partial charge in [0, 0.05) is 25.2 Å². The van der Waals surface area contributed by atoms with E-state index in [1.165, 1.54) is 25.7 Å². The molecule has 1 aliphatic heterocycles. The van der Waals surface area contributed by atoms with Crippen LogP contribution in [0.25, 0.3) is 11.5 Å². The van der Waals surface area contributed by atoms with E-state index in [4.69, 9.17) is 4.52 Å². The van der Waals surface area contributed by atoms with Crippen LogP contribution in [-0.2, 0) is 4.79 Å². The molecule has 2 aromatic heterocycles. The number of hydrogen-bond acceptors (Lipinski definition) is 5. The highest BCUT2D eigenvalue weighted by atomic mass is 16.5. The summed E-state index contributed by atoms with van der Waals surface area (Å²) in [4.78, 5) is 23.2. The average molecular weight is 326 g/mol. The van der Waals surface area contributed by atoms with Gasteiger partial charge in [0.2, 0.25) is 17.6 Å². The number of nitrogens with zero attached hydrogens (tertiary/aromatic N) is 4. The van der Waals surface area contributed by atoms with E-state index in [0.717, 1.165) is 12.8 Å². The van der Waals surface area contributed by atoms with E-state index in [2.05, 4.69) is 20.0 Å². The van der Waals surface area contributed by atoms with Crippen LogP contribution in [0, 0.1) is 0 Å². The Morgan fingerprint density at radius 1 is 1.12 bits per heavy atom. The first kappa shape index (κ1) is 15.3. The molecule has 6 heteroatoms. The van der Waals surface area contributed by atoms with Gasteiger partial charge < -0.3 is 9.42 Å². The summed E-state index contributed by atoms with van der Waals surface area (Å²) in [7, 11) is 0. The predicted molar refractivity (Wildman–Crippen MR) is 88.1 cm³/mol. The summed E-state index contributed by atoms with van der Waals surface area (Å²) in [5, 5.41) is 4.03. The molecule has 0 aromatic carbocycles. The van der Waals surface area contributed by atoms with Crippen LogP contribution in [0.2, 0.25) is 0 Å². The number of aromatic nitrogens is 3. The van der Waals surface area contributed by atoms with Gasteiger partial charge in [-0.25, -0.2) is 0 Å². The predicted octanol–water partition coefficient (Wildman–Crippen LogP) is 3.17. The van der Waals surface area contributed by atoms with E-state index in [1.807, 2.05) is 18.2 Å². The molecule has 24 heavy (non-hydrogen) atoms. The second-order valence-corrected chi connectivity index (χ2v) is 6.76. The third-order valence-electron chi connectivity index (χ3n) is 5.11. The Morgan fingerprint density at radius 3 is 2.71 bits per heavy atom. The van der Waals surface area contributed by atoms with Gasteiger partial charge in [0.05, 0.1) is 5.92 Å². The molecule has 1 amide bonds. The minimum atomic E-state index is 0.00529. The molecule has 1 saturated heterocycles. The van der Waals surface area contributed by atoms with Crippen LogP contribution in [0.1, 0.15) is 56.8 Å². The van der Waals surface area contributed by atoms with Gasteiger partial charge in [-0.2, -0.15) is 4.98 Å². The minimum absolute atomic E-state index is 0.00529. The summed E-state index contributed by atoms with van der Waals surface area (Å²) in [6.45, 7) is 0.702. The molecular formula is C18H22N4O2. The van der Waals surface area contributed by atoms with Crippen LogP contribution in [-0.4, -0.2) is 38.5 Å². The lowest BCUT2D eigenvalue weighted by Crippen LogP contribution is -2.36. The number of carbonyl (C=O) groups excluding carboxylic acids is 1. The SMILES string of the molecule is O=C1CC(c2nc(-c3ccccn3)no2)CN1C1CCCCCC1. The Labute approximate surface area is 141 Å². The second-order valence-electron chi connectivity index (χ2n) is 6.76. The standard InChI is InChI=1S/C18H22N4O2/c23-16-11-13(12-22(16)14-7-3-1-2-4-8-14)18-20-17(21-24-18)15-9-5-6-10-19-15/h5-6,9-10,13-14H,1-4,7-8,11-12H2. The Balaban J connectivity index is 1.48. The van der Waals surface area contributed by atoms with Crippen LogP contribution >= 0.6 is 0 Å². The van der Waals surface area contributed by atoms with Crippen molar-refractivity contribution in [3.05, 3.63) is 30.3 Å². The zero-order chi connectivity index (χ0) is 16.4. The van der Waals surface area contributed by atoms with Crippen molar-refractivity contribution in [1.29, 1.82) is 0 Å². The van der Waals surface area contributed by atoms with Gasteiger partial charge in [-0.3, -0.25) is 9.78 Å². The molecule has 1 atom stereocenters. The van der Waals surface area contributed by atoms with E-state index in [1.54, 1.807) is 6.20 Å². The summed E-state index contributed by atoms with van der Waals surface area (Å²) in [6.07, 6.45) is 9.46. The second kappa shape index (κ2) is 6.71. The molecule has 0 bridgehead atoms. The minimum Gasteiger partial charge on any atom is -0.339 e. The fraction of sp³-hybridized carbons (Fsp3) is 0.556. The van der Waals surface area contributed by atoms with Crippen LogP contribution in [0.4, 0.5) is 0 Å². The molecule has 1 saturated carbocycles. The van der Waals surface area contributed by atoms with Crippen LogP contribution in [0.15, 0.2) is 28.9 Å². The van der Waals surface area contributed by atoms with Gasteiger partial charge in [-0.1, -0.05) is 36.9 Å². The molecule has 6 nitrogen and oxygen atoms in total. The Bertz CT molecular complexity index is 692. The highest BCUT2D eigenvalue weighted by Crippen LogP contribution is 2.33. The molecule has 0 spiro atoms. The lowest BCUT2D eigenvalue weighted by Gasteiger charge is -2.26. The molecule has 4 rings (SSSR count). The van der Waals surface area contributed by atoms with Crippen LogP contribution in [0.5, 0.6) is 0 Å². The molecule has 2 aromatic rings. The first-order valence-corrected chi connectivity index (χ1v) is 8.86. The van der Waals surface area contributed by atoms with Crippen molar-refractivity contribution in [1.82, 2.24) is 20.0 Å². The quantitative estimate of drug-likeness (QED) is 0.810. The van der Waals surface area contributed by atoms with Crippen molar-refractivity contribution < 1.29 is 9.32 Å². The van der Waals surface area contributed by atoms with Gasteiger partial charge in [-0.15, -0.1) is 0 Å². The number of carbonyl (C=O) groups is 1. The fourth-order valence-corrected chi connectivity index (χ4v) is 3.82. The van der Waals surface area contributed by atoms with Crippen molar-refractivity contribution in [2.75, 3.05) is 6.54 Å². The topological polar surface area (TPSA) is 72.1 Å². The Kier molecular flexibility index (Phi) is 4.28. The monoisotopic (exact) mass is 326 g/mol. The molecule has 0 radical (unpaired) electrons. The first-order chi connectivity index (χ1) is 11.8. The number of pyridine rings is 1. The van der Waals surface area contributed by atoms with Gasteiger partial charge in [0.25, 0.3) is 0 Å². The maximum absolute atomic E-state index is 12.5. The van der Waals surface area contributed by atoms with E-state index < -0.39 is 0 Å². The van der Waals surface area contributed by atoms with Gasteiger partial charge in [0.1, 0.15) is 5.69 Å². The lowest BCUT2D eigenvalue weighted by atomic mass is 10.1. The largest absolute Gasteiger partial charge is 0.339 e. The Hall–Kier alpha value is -2.24. The summed E-state index contributed by atoms with van der Waals surface area (Å²) in [6, 6.07) is 5.99. The third-order valence-corrected chi connectivity index (χ3v) is 5.11. The number of likely N-dealkylation sites (tertiary alicyclic amines) is 1. The zero-order valence-electron chi connectivity index (χ0n) is 13.7. The summed E-state index contributed by atoms with van der Waals surface area (Å²) in [5.41, 5.74) is 0.692. The van der Waals surface area contributed by atoms with Crippen LogP contribution < -0.4 is 0 Å². The van der Waals surface area contributed by atoms with E-state index in [0.29, 0.717) is 36.4 Å². The van der Waals surface area contributed by atoms with Crippen molar-refractivity contribution in [2.24, 2.45) is 0 Å². The number of rotatable bonds is 3. The first-order valence-electron chi connectivity index (χ1n) is 8.86. The highest BCUT2D eigenvalue weighted by molar-refractivity contribution is 5.79. The molecule has 2 fully saturated rings. The van der Waals surface area contributed by atoms with Crippen LogP contribution in [0.3, 0.4) is 0 Å². The van der Waals surface area contributed by atoms with Crippen molar-refractivity contribution in [3.63, 3.8) is 0 Å². The molecule has 1 aliphatic carbocycles. The van der Waals surface area contributed by atoms with E-state index in [-0.39, 0.29) is 11.8 Å². The van der Waals surface area contributed by atoms with Crippen molar-refractivity contribution in [3.8, 4) is 11.5 Å². The lowest BCUT2D eigenvalue weighted by molar-refractivity contribution is -0.129. The molecule has 0 N–H and O–H groups in total. The van der Waals surface area contributed by atoms with Gasteiger partial charge in [0.15, 0.2) is 0 Å². The van der Waals surface area contributed by atoms with Gasteiger partial charge in [-0.05, 0) is 25.0 Å². The smallest absolute Gasteiger partial charge is 0.232 e. The van der Waals surface area contributed by atoms with Gasteiger partial charge >= 0.3 is 0 Å². The zero-order valence-corrected chi connectivity index (χ0v) is 13.7. The highest BCUT2D eigenvalue weighted by Gasteiger charge is 2.37. The van der Waals surface area contributed by atoms with Crippen molar-refractivity contribution in [2.45, 2.75) is 56.9 Å². The molecule has 1 unspecified atom stereocenters. The van der Waals surface area contributed by atoms with Crippen molar-refractivity contribution >= 4 is 5.91 Å². The number of hydrogen-bond donors (Lipinski definition) is 0. The van der Waals surface area contributed by atoms with E-state index in [9.17, 15) is 4.79 Å². The molecule has 3 heterocycles.